The number of benzene rings is 3. The van der Waals surface area contributed by atoms with Gasteiger partial charge >= 0.3 is 0 Å². The highest BCUT2D eigenvalue weighted by molar-refractivity contribution is 6.30. The molecule has 0 atom stereocenters. The van der Waals surface area contributed by atoms with Gasteiger partial charge in [0.2, 0.25) is 0 Å². The molecule has 0 aromatic heterocycles. The molecule has 28 heavy (non-hydrogen) atoms. The number of aryl methyl sites for hydroxylation is 2. The smallest absolute Gasteiger partial charge is 0.262 e. The van der Waals surface area contributed by atoms with Crippen LogP contribution in [0.5, 0.6) is 5.75 Å². The summed E-state index contributed by atoms with van der Waals surface area (Å²) in [4.78, 5) is 16.7. The summed E-state index contributed by atoms with van der Waals surface area (Å²) in [6.45, 7) is 3.89. The van der Waals surface area contributed by atoms with Gasteiger partial charge in [-0.3, -0.25) is 9.79 Å². The van der Waals surface area contributed by atoms with Crippen LogP contribution in [0.1, 0.15) is 16.7 Å². The third-order valence-electron chi connectivity index (χ3n) is 4.02. The van der Waals surface area contributed by atoms with Crippen LogP contribution in [0.3, 0.4) is 0 Å². The second kappa shape index (κ2) is 9.20. The lowest BCUT2D eigenvalue weighted by Gasteiger charge is -2.10. The number of hydrogen-bond donors (Lipinski definition) is 1. The van der Waals surface area contributed by atoms with Crippen molar-refractivity contribution in [3.8, 4) is 5.75 Å². The van der Waals surface area contributed by atoms with Crippen molar-refractivity contribution in [1.82, 2.24) is 0 Å². The molecule has 3 aromatic rings. The number of ether oxygens (including phenoxy) is 1. The van der Waals surface area contributed by atoms with Gasteiger partial charge in [-0.25, -0.2) is 0 Å². The molecule has 0 aliphatic rings. The van der Waals surface area contributed by atoms with E-state index in [-0.39, 0.29) is 12.5 Å². The molecule has 0 saturated heterocycles. The Balaban J connectivity index is 1.68. The molecule has 0 saturated carbocycles. The van der Waals surface area contributed by atoms with Gasteiger partial charge in [0.25, 0.3) is 5.91 Å². The minimum absolute atomic E-state index is 0.110. The zero-order valence-electron chi connectivity index (χ0n) is 15.8. The van der Waals surface area contributed by atoms with E-state index in [2.05, 4.69) is 10.3 Å². The van der Waals surface area contributed by atoms with Crippen molar-refractivity contribution in [2.24, 2.45) is 4.99 Å². The van der Waals surface area contributed by atoms with Crippen LogP contribution in [0.15, 0.2) is 71.7 Å². The van der Waals surface area contributed by atoms with Gasteiger partial charge in [-0.05, 0) is 61.9 Å². The van der Waals surface area contributed by atoms with Crippen molar-refractivity contribution in [3.63, 3.8) is 0 Å². The number of nitrogens with zero attached hydrogens (tertiary/aromatic N) is 1. The van der Waals surface area contributed by atoms with Gasteiger partial charge in [-0.2, -0.15) is 0 Å². The third-order valence-corrected chi connectivity index (χ3v) is 4.25. The highest BCUT2D eigenvalue weighted by Crippen LogP contribution is 2.23. The van der Waals surface area contributed by atoms with Crippen LogP contribution in [-0.2, 0) is 4.79 Å². The summed E-state index contributed by atoms with van der Waals surface area (Å²) in [5.41, 5.74) is 4.52. The first kappa shape index (κ1) is 19.6. The molecule has 0 unspecified atom stereocenters. The van der Waals surface area contributed by atoms with E-state index in [0.717, 1.165) is 16.9 Å². The summed E-state index contributed by atoms with van der Waals surface area (Å²) in [6.07, 6.45) is 1.68. The molecule has 0 radical (unpaired) electrons. The van der Waals surface area contributed by atoms with Crippen molar-refractivity contribution in [1.29, 1.82) is 0 Å². The summed E-state index contributed by atoms with van der Waals surface area (Å²) < 4.78 is 5.70. The number of amides is 1. The summed E-state index contributed by atoms with van der Waals surface area (Å²) in [5.74, 6) is 0.307. The molecule has 0 heterocycles. The molecule has 1 amide bonds. The van der Waals surface area contributed by atoms with E-state index in [0.29, 0.717) is 16.3 Å². The van der Waals surface area contributed by atoms with E-state index in [1.165, 1.54) is 5.56 Å². The maximum atomic E-state index is 12.2. The SMILES string of the molecule is Cc1ccc(N=Cc2cc(Cl)ccc2OCC(=O)Nc2cccc(C)c2)cc1. The van der Waals surface area contributed by atoms with Crippen LogP contribution in [0.4, 0.5) is 11.4 Å². The third kappa shape index (κ3) is 5.69. The molecule has 3 rings (SSSR count). The molecule has 4 nitrogen and oxygen atoms in total. The molecule has 5 heteroatoms. The predicted octanol–water partition coefficient (Wildman–Crippen LogP) is 5.72. The molecule has 0 aliphatic carbocycles. The largest absolute Gasteiger partial charge is 0.483 e. The number of carbonyl (C=O) groups excluding carboxylic acids is 1. The Hall–Kier alpha value is -3.11. The van der Waals surface area contributed by atoms with Crippen molar-refractivity contribution >= 4 is 35.1 Å². The second-order valence-electron chi connectivity index (χ2n) is 6.48. The van der Waals surface area contributed by atoms with Gasteiger partial charge in [0.1, 0.15) is 5.75 Å². The molecule has 0 aliphatic heterocycles. The fourth-order valence-electron chi connectivity index (χ4n) is 2.59. The van der Waals surface area contributed by atoms with Crippen LogP contribution in [0.2, 0.25) is 5.02 Å². The molecular weight excluding hydrogens is 372 g/mol. The first-order valence-corrected chi connectivity index (χ1v) is 9.27. The van der Waals surface area contributed by atoms with E-state index in [4.69, 9.17) is 16.3 Å². The average Bonchev–Trinajstić information content (AvgIpc) is 2.67. The Bertz CT molecular complexity index is 998. The standard InChI is InChI=1S/C23H21ClN2O2/c1-16-6-9-20(10-7-16)25-14-18-13-19(24)8-11-22(18)28-15-23(27)26-21-5-3-4-17(2)12-21/h3-14H,15H2,1-2H3,(H,26,27). The summed E-state index contributed by atoms with van der Waals surface area (Å²) in [6, 6.07) is 20.7. The molecule has 0 bridgehead atoms. The maximum absolute atomic E-state index is 12.2. The van der Waals surface area contributed by atoms with Crippen LogP contribution in [0, 0.1) is 13.8 Å². The zero-order valence-corrected chi connectivity index (χ0v) is 16.5. The van der Waals surface area contributed by atoms with Crippen molar-refractivity contribution in [2.75, 3.05) is 11.9 Å². The van der Waals surface area contributed by atoms with E-state index in [1.807, 2.05) is 62.4 Å². The Morgan fingerprint density at radius 2 is 1.82 bits per heavy atom. The van der Waals surface area contributed by atoms with Crippen LogP contribution >= 0.6 is 11.6 Å². The second-order valence-corrected chi connectivity index (χ2v) is 6.92. The first-order chi connectivity index (χ1) is 13.5. The maximum Gasteiger partial charge on any atom is 0.262 e. The van der Waals surface area contributed by atoms with Crippen LogP contribution in [0.25, 0.3) is 0 Å². The average molecular weight is 393 g/mol. The normalized spacial score (nSPS) is 10.8. The Labute approximate surface area is 169 Å². The van der Waals surface area contributed by atoms with Gasteiger partial charge in [0.15, 0.2) is 6.61 Å². The predicted molar refractivity (Wildman–Crippen MR) is 115 cm³/mol. The molecule has 0 fully saturated rings. The summed E-state index contributed by atoms with van der Waals surface area (Å²) >= 11 is 6.11. The summed E-state index contributed by atoms with van der Waals surface area (Å²) in [7, 11) is 0. The minimum atomic E-state index is -0.234. The lowest BCUT2D eigenvalue weighted by atomic mass is 10.2. The van der Waals surface area contributed by atoms with E-state index in [9.17, 15) is 4.79 Å². The molecule has 142 valence electrons. The molecule has 3 aromatic carbocycles. The van der Waals surface area contributed by atoms with Gasteiger partial charge < -0.3 is 10.1 Å². The van der Waals surface area contributed by atoms with Gasteiger partial charge in [0, 0.05) is 22.5 Å². The van der Waals surface area contributed by atoms with Crippen molar-refractivity contribution < 1.29 is 9.53 Å². The first-order valence-electron chi connectivity index (χ1n) is 8.89. The number of rotatable bonds is 6. The minimum Gasteiger partial charge on any atom is -0.483 e. The highest BCUT2D eigenvalue weighted by Gasteiger charge is 2.08. The molecule has 0 spiro atoms. The monoisotopic (exact) mass is 392 g/mol. The van der Waals surface area contributed by atoms with E-state index >= 15 is 0 Å². The van der Waals surface area contributed by atoms with Crippen molar-refractivity contribution in [2.45, 2.75) is 13.8 Å². The number of hydrogen-bond acceptors (Lipinski definition) is 3. The fourth-order valence-corrected chi connectivity index (χ4v) is 2.77. The van der Waals surface area contributed by atoms with E-state index < -0.39 is 0 Å². The number of halogens is 1. The molecular formula is C23H21ClN2O2. The van der Waals surface area contributed by atoms with Crippen LogP contribution < -0.4 is 10.1 Å². The zero-order chi connectivity index (χ0) is 19.9. The van der Waals surface area contributed by atoms with E-state index in [1.54, 1.807) is 24.4 Å². The van der Waals surface area contributed by atoms with Gasteiger partial charge in [-0.1, -0.05) is 41.4 Å². The number of nitrogens with one attached hydrogen (secondary N) is 1. The fraction of sp³-hybridized carbons (Fsp3) is 0.130. The molecule has 1 N–H and O–H groups in total. The number of anilines is 1. The van der Waals surface area contributed by atoms with Gasteiger partial charge in [0.05, 0.1) is 5.69 Å². The Morgan fingerprint density at radius 3 is 2.57 bits per heavy atom. The van der Waals surface area contributed by atoms with Crippen molar-refractivity contribution in [3.05, 3.63) is 88.4 Å². The highest BCUT2D eigenvalue weighted by atomic mass is 35.5. The Morgan fingerprint density at radius 1 is 1.04 bits per heavy atom. The topological polar surface area (TPSA) is 50.7 Å². The summed E-state index contributed by atoms with van der Waals surface area (Å²) in [5, 5.41) is 3.39. The lowest BCUT2D eigenvalue weighted by Crippen LogP contribution is -2.20. The van der Waals surface area contributed by atoms with Crippen LogP contribution in [-0.4, -0.2) is 18.7 Å². The Kier molecular flexibility index (Phi) is 6.45. The number of carbonyl (C=O) groups is 1. The lowest BCUT2D eigenvalue weighted by molar-refractivity contribution is -0.118. The quantitative estimate of drug-likeness (QED) is 0.545. The van der Waals surface area contributed by atoms with Gasteiger partial charge in [-0.15, -0.1) is 0 Å². The number of aliphatic imine (C=N–C) groups is 1.